The Bertz CT molecular complexity index is 430. The van der Waals surface area contributed by atoms with Crippen molar-refractivity contribution in [2.45, 2.75) is 59.4 Å². The number of halogens is 1. The Labute approximate surface area is 158 Å². The summed E-state index contributed by atoms with van der Waals surface area (Å²) in [6.45, 7) is 9.44. The van der Waals surface area contributed by atoms with Crippen LogP contribution in [0.1, 0.15) is 51.5 Å². The number of hydrogen-bond donors (Lipinski definition) is 2. The van der Waals surface area contributed by atoms with Crippen LogP contribution in [-0.2, 0) is 6.54 Å². The third kappa shape index (κ3) is 9.84. The Balaban J connectivity index is 0.00000484. The predicted molar refractivity (Wildman–Crippen MR) is 110 cm³/mol. The van der Waals surface area contributed by atoms with E-state index in [9.17, 15) is 0 Å². The van der Waals surface area contributed by atoms with Crippen LogP contribution < -0.4 is 10.6 Å². The number of aromatic nitrogens is 2. The van der Waals surface area contributed by atoms with Gasteiger partial charge in [-0.05, 0) is 31.2 Å². The third-order valence-electron chi connectivity index (χ3n) is 3.94. The second-order valence-corrected chi connectivity index (χ2v) is 5.93. The molecule has 0 spiro atoms. The molecule has 1 atom stereocenters. The molecule has 0 fully saturated rings. The molecule has 1 unspecified atom stereocenters. The number of aryl methyl sites for hydroxylation is 2. The first-order valence-corrected chi connectivity index (χ1v) is 8.63. The average Bonchev–Trinajstić information content (AvgIpc) is 2.94. The molecule has 2 N–H and O–H groups in total. The number of rotatable bonds is 10. The SMILES string of the molecule is CCCCC(CC)CNC(=NC)NCCCn1cc(C)cn1.I. The van der Waals surface area contributed by atoms with Crippen molar-refractivity contribution in [2.75, 3.05) is 20.1 Å². The molecule has 1 aromatic heterocycles. The number of aliphatic imine (C=N–C) groups is 1. The predicted octanol–water partition coefficient (Wildman–Crippen LogP) is 3.58. The van der Waals surface area contributed by atoms with Crippen molar-refractivity contribution in [2.24, 2.45) is 10.9 Å². The average molecular weight is 435 g/mol. The molecule has 1 aromatic rings. The van der Waals surface area contributed by atoms with Crippen molar-refractivity contribution in [1.82, 2.24) is 20.4 Å². The van der Waals surface area contributed by atoms with Gasteiger partial charge < -0.3 is 10.6 Å². The van der Waals surface area contributed by atoms with Crippen molar-refractivity contribution in [3.63, 3.8) is 0 Å². The maximum atomic E-state index is 4.30. The zero-order chi connectivity index (χ0) is 16.2. The molecule has 0 aliphatic rings. The van der Waals surface area contributed by atoms with E-state index in [0.29, 0.717) is 0 Å². The summed E-state index contributed by atoms with van der Waals surface area (Å²) in [5.41, 5.74) is 1.21. The largest absolute Gasteiger partial charge is 0.356 e. The Morgan fingerprint density at radius 3 is 2.65 bits per heavy atom. The van der Waals surface area contributed by atoms with Crippen LogP contribution in [0.2, 0.25) is 0 Å². The van der Waals surface area contributed by atoms with Gasteiger partial charge in [-0.1, -0.05) is 33.1 Å². The number of nitrogens with one attached hydrogen (secondary N) is 2. The standard InChI is InChI=1S/C17H33N5.HI/c1-5-7-9-16(6-2)13-20-17(18-4)19-10-8-11-22-14-15(3)12-21-22;/h12,14,16H,5-11,13H2,1-4H3,(H2,18,19,20);1H. The fourth-order valence-corrected chi connectivity index (χ4v) is 2.44. The summed E-state index contributed by atoms with van der Waals surface area (Å²) < 4.78 is 1.99. The maximum Gasteiger partial charge on any atom is 0.190 e. The fourth-order valence-electron chi connectivity index (χ4n) is 2.44. The second-order valence-electron chi connectivity index (χ2n) is 5.93. The van der Waals surface area contributed by atoms with Crippen LogP contribution in [0.25, 0.3) is 0 Å². The zero-order valence-electron chi connectivity index (χ0n) is 15.1. The van der Waals surface area contributed by atoms with Crippen LogP contribution in [-0.4, -0.2) is 35.9 Å². The first-order chi connectivity index (χ1) is 10.7. The van der Waals surface area contributed by atoms with Crippen molar-refractivity contribution in [3.8, 4) is 0 Å². The lowest BCUT2D eigenvalue weighted by molar-refractivity contribution is 0.443. The molecule has 0 saturated carbocycles. The van der Waals surface area contributed by atoms with Gasteiger partial charge in [-0.3, -0.25) is 9.67 Å². The van der Waals surface area contributed by atoms with Crippen LogP contribution >= 0.6 is 24.0 Å². The van der Waals surface area contributed by atoms with Gasteiger partial charge in [0.1, 0.15) is 0 Å². The normalized spacial score (nSPS) is 12.6. The summed E-state index contributed by atoms with van der Waals surface area (Å²) in [7, 11) is 1.83. The van der Waals surface area contributed by atoms with Crippen LogP contribution in [0, 0.1) is 12.8 Å². The van der Waals surface area contributed by atoms with Crippen LogP contribution in [0.5, 0.6) is 0 Å². The van der Waals surface area contributed by atoms with Gasteiger partial charge in [0.05, 0.1) is 6.20 Å². The molecule has 1 heterocycles. The Hall–Kier alpha value is -0.790. The maximum absolute atomic E-state index is 4.30. The highest BCUT2D eigenvalue weighted by Gasteiger charge is 2.06. The summed E-state index contributed by atoms with van der Waals surface area (Å²) >= 11 is 0. The summed E-state index contributed by atoms with van der Waals surface area (Å²) in [6.07, 6.45) is 10.1. The second kappa shape index (κ2) is 13.6. The number of hydrogen-bond acceptors (Lipinski definition) is 2. The Morgan fingerprint density at radius 2 is 2.09 bits per heavy atom. The van der Waals surface area contributed by atoms with Gasteiger partial charge in [0, 0.05) is 32.9 Å². The van der Waals surface area contributed by atoms with Gasteiger partial charge in [0.2, 0.25) is 0 Å². The van der Waals surface area contributed by atoms with E-state index >= 15 is 0 Å². The Kier molecular flexibility index (Phi) is 13.2. The van der Waals surface area contributed by atoms with Crippen molar-refractivity contribution < 1.29 is 0 Å². The third-order valence-corrected chi connectivity index (χ3v) is 3.94. The van der Waals surface area contributed by atoms with Gasteiger partial charge in [-0.15, -0.1) is 24.0 Å². The molecule has 0 amide bonds. The first kappa shape index (κ1) is 22.2. The highest BCUT2D eigenvalue weighted by Crippen LogP contribution is 2.10. The first-order valence-electron chi connectivity index (χ1n) is 8.63. The molecule has 6 heteroatoms. The molecule has 0 bridgehead atoms. The fraction of sp³-hybridized carbons (Fsp3) is 0.765. The lowest BCUT2D eigenvalue weighted by atomic mass is 9.99. The molecule has 23 heavy (non-hydrogen) atoms. The lowest BCUT2D eigenvalue weighted by Crippen LogP contribution is -2.40. The number of nitrogens with zero attached hydrogens (tertiary/aromatic N) is 3. The summed E-state index contributed by atoms with van der Waals surface area (Å²) in [5.74, 6) is 1.65. The van der Waals surface area contributed by atoms with E-state index in [1.165, 1.54) is 31.2 Å². The van der Waals surface area contributed by atoms with Crippen LogP contribution in [0.4, 0.5) is 0 Å². The zero-order valence-corrected chi connectivity index (χ0v) is 17.5. The topological polar surface area (TPSA) is 54.2 Å². The van der Waals surface area contributed by atoms with Gasteiger partial charge in [0.15, 0.2) is 5.96 Å². The lowest BCUT2D eigenvalue weighted by Gasteiger charge is -2.18. The van der Waals surface area contributed by atoms with Crippen LogP contribution in [0.15, 0.2) is 17.4 Å². The summed E-state index contributed by atoms with van der Waals surface area (Å²) in [4.78, 5) is 4.30. The van der Waals surface area contributed by atoms with Crippen molar-refractivity contribution in [3.05, 3.63) is 18.0 Å². The van der Waals surface area contributed by atoms with Crippen molar-refractivity contribution >= 4 is 29.9 Å². The number of unbranched alkanes of at least 4 members (excludes halogenated alkanes) is 1. The van der Waals surface area contributed by atoms with Gasteiger partial charge >= 0.3 is 0 Å². The van der Waals surface area contributed by atoms with E-state index in [1.807, 2.05) is 17.9 Å². The Morgan fingerprint density at radius 1 is 1.30 bits per heavy atom. The highest BCUT2D eigenvalue weighted by atomic mass is 127. The molecule has 0 saturated heterocycles. The van der Waals surface area contributed by atoms with E-state index in [1.54, 1.807) is 0 Å². The minimum absolute atomic E-state index is 0. The molecule has 0 aliphatic carbocycles. The molecule has 134 valence electrons. The molecule has 1 rings (SSSR count). The van der Waals surface area contributed by atoms with Gasteiger partial charge in [0.25, 0.3) is 0 Å². The van der Waals surface area contributed by atoms with E-state index < -0.39 is 0 Å². The molecule has 0 radical (unpaired) electrons. The van der Waals surface area contributed by atoms with E-state index in [4.69, 9.17) is 0 Å². The summed E-state index contributed by atoms with van der Waals surface area (Å²) in [5, 5.41) is 11.1. The minimum Gasteiger partial charge on any atom is -0.356 e. The monoisotopic (exact) mass is 435 g/mol. The molecular weight excluding hydrogens is 401 g/mol. The van der Waals surface area contributed by atoms with E-state index in [-0.39, 0.29) is 24.0 Å². The van der Waals surface area contributed by atoms with Gasteiger partial charge in [-0.2, -0.15) is 5.10 Å². The minimum atomic E-state index is 0. The molecule has 0 aromatic carbocycles. The molecule has 0 aliphatic heterocycles. The molecule has 5 nitrogen and oxygen atoms in total. The molecular formula is C17H34IN5. The highest BCUT2D eigenvalue weighted by molar-refractivity contribution is 14.0. The van der Waals surface area contributed by atoms with E-state index in [0.717, 1.165) is 37.9 Å². The quantitative estimate of drug-likeness (QED) is 0.256. The smallest absolute Gasteiger partial charge is 0.190 e. The van der Waals surface area contributed by atoms with Gasteiger partial charge in [-0.25, -0.2) is 0 Å². The summed E-state index contributed by atoms with van der Waals surface area (Å²) in [6, 6.07) is 0. The van der Waals surface area contributed by atoms with Crippen molar-refractivity contribution in [1.29, 1.82) is 0 Å². The van der Waals surface area contributed by atoms with E-state index in [2.05, 4.69) is 47.7 Å². The number of guanidine groups is 1. The van der Waals surface area contributed by atoms with Crippen LogP contribution in [0.3, 0.4) is 0 Å².